The predicted molar refractivity (Wildman–Crippen MR) is 112 cm³/mol. The standard InChI is InChI=1S/C22H21N3O6/c1-13-18(26)19(31-4)24-22(23-13)25(20(27)14-5-9-16(29-2)10-6-14)21(28)15-7-11-17(30-3)12-8-15/h5-12,26H,1-4H3. The molecule has 0 saturated carbocycles. The molecule has 1 N–H and O–H groups in total. The summed E-state index contributed by atoms with van der Waals surface area (Å²) in [4.78, 5) is 35.7. The molecule has 0 saturated heterocycles. The first kappa shape index (κ1) is 21.6. The molecule has 0 spiro atoms. The highest BCUT2D eigenvalue weighted by Crippen LogP contribution is 2.29. The lowest BCUT2D eigenvalue weighted by molar-refractivity contribution is 0.0895. The summed E-state index contributed by atoms with van der Waals surface area (Å²) in [7, 11) is 4.33. The number of aromatic nitrogens is 2. The number of aryl methyl sites for hydroxylation is 1. The van der Waals surface area contributed by atoms with Crippen LogP contribution in [0.4, 0.5) is 5.95 Å². The number of amides is 2. The lowest BCUT2D eigenvalue weighted by Gasteiger charge is -2.20. The van der Waals surface area contributed by atoms with Gasteiger partial charge in [0.05, 0.1) is 27.0 Å². The molecule has 0 unspecified atom stereocenters. The Bertz CT molecular complexity index is 1040. The molecule has 0 aliphatic rings. The average Bonchev–Trinajstić information content (AvgIpc) is 2.81. The number of hydrogen-bond acceptors (Lipinski definition) is 8. The normalized spacial score (nSPS) is 10.3. The number of anilines is 1. The van der Waals surface area contributed by atoms with Crippen molar-refractivity contribution in [1.82, 2.24) is 9.97 Å². The minimum Gasteiger partial charge on any atom is -0.502 e. The summed E-state index contributed by atoms with van der Waals surface area (Å²) < 4.78 is 15.3. The molecule has 9 heteroatoms. The van der Waals surface area contributed by atoms with Gasteiger partial charge in [0.15, 0.2) is 5.75 Å². The van der Waals surface area contributed by atoms with Gasteiger partial charge >= 0.3 is 0 Å². The monoisotopic (exact) mass is 423 g/mol. The van der Waals surface area contributed by atoms with E-state index in [0.717, 1.165) is 4.90 Å². The van der Waals surface area contributed by atoms with E-state index < -0.39 is 11.8 Å². The van der Waals surface area contributed by atoms with Gasteiger partial charge in [-0.2, -0.15) is 4.98 Å². The second-order valence-electron chi connectivity index (χ2n) is 6.37. The Morgan fingerprint density at radius 1 is 0.774 bits per heavy atom. The summed E-state index contributed by atoms with van der Waals surface area (Å²) in [6, 6.07) is 12.5. The number of hydrogen-bond donors (Lipinski definition) is 1. The predicted octanol–water partition coefficient (Wildman–Crippen LogP) is 3.00. The molecule has 0 radical (unpaired) electrons. The van der Waals surface area contributed by atoms with Gasteiger partial charge in [0.1, 0.15) is 11.5 Å². The van der Waals surface area contributed by atoms with Crippen LogP contribution in [-0.4, -0.2) is 48.2 Å². The van der Waals surface area contributed by atoms with Crippen LogP contribution in [0.5, 0.6) is 23.1 Å². The van der Waals surface area contributed by atoms with Crippen molar-refractivity contribution in [2.24, 2.45) is 0 Å². The Kier molecular flexibility index (Phi) is 6.35. The lowest BCUT2D eigenvalue weighted by Crippen LogP contribution is -2.38. The molecule has 2 amide bonds. The smallest absolute Gasteiger partial charge is 0.267 e. The van der Waals surface area contributed by atoms with Crippen LogP contribution in [-0.2, 0) is 0 Å². The van der Waals surface area contributed by atoms with Gasteiger partial charge in [-0.05, 0) is 55.5 Å². The third-order valence-corrected chi connectivity index (χ3v) is 4.49. The minimum absolute atomic E-state index is 0.150. The molecular formula is C22H21N3O6. The van der Waals surface area contributed by atoms with Gasteiger partial charge in [-0.3, -0.25) is 9.59 Å². The van der Waals surface area contributed by atoms with Crippen LogP contribution in [0.3, 0.4) is 0 Å². The minimum atomic E-state index is -0.657. The van der Waals surface area contributed by atoms with Gasteiger partial charge in [0.25, 0.3) is 17.7 Å². The van der Waals surface area contributed by atoms with Crippen molar-refractivity contribution >= 4 is 17.8 Å². The zero-order valence-corrected chi connectivity index (χ0v) is 17.4. The Balaban J connectivity index is 2.11. The van der Waals surface area contributed by atoms with E-state index in [2.05, 4.69) is 9.97 Å². The van der Waals surface area contributed by atoms with Crippen molar-refractivity contribution in [3.63, 3.8) is 0 Å². The zero-order chi connectivity index (χ0) is 22.5. The van der Waals surface area contributed by atoms with Crippen molar-refractivity contribution in [2.45, 2.75) is 6.92 Å². The van der Waals surface area contributed by atoms with Crippen LogP contribution in [0.1, 0.15) is 26.4 Å². The largest absolute Gasteiger partial charge is 0.502 e. The lowest BCUT2D eigenvalue weighted by atomic mass is 10.1. The van der Waals surface area contributed by atoms with Crippen LogP contribution in [0.25, 0.3) is 0 Å². The number of carbonyl (C=O) groups is 2. The topological polar surface area (TPSA) is 111 Å². The highest BCUT2D eigenvalue weighted by molar-refractivity contribution is 6.25. The molecule has 0 aliphatic heterocycles. The fraction of sp³-hybridized carbons (Fsp3) is 0.182. The third-order valence-electron chi connectivity index (χ3n) is 4.49. The van der Waals surface area contributed by atoms with Gasteiger partial charge in [-0.25, -0.2) is 9.88 Å². The van der Waals surface area contributed by atoms with Crippen LogP contribution < -0.4 is 19.1 Å². The molecule has 0 atom stereocenters. The number of aromatic hydroxyl groups is 1. The Hall–Kier alpha value is -4.14. The maximum Gasteiger partial charge on any atom is 0.267 e. The summed E-state index contributed by atoms with van der Waals surface area (Å²) in [5.41, 5.74) is 0.587. The second-order valence-corrected chi connectivity index (χ2v) is 6.37. The number of methoxy groups -OCH3 is 3. The highest BCUT2D eigenvalue weighted by Gasteiger charge is 2.30. The molecule has 160 valence electrons. The van der Waals surface area contributed by atoms with E-state index in [9.17, 15) is 14.7 Å². The van der Waals surface area contributed by atoms with Crippen LogP contribution in [0.2, 0.25) is 0 Å². The summed E-state index contributed by atoms with van der Waals surface area (Å²) in [6.07, 6.45) is 0. The number of carbonyl (C=O) groups excluding carboxylic acids is 2. The molecule has 1 heterocycles. The van der Waals surface area contributed by atoms with Gasteiger partial charge in [0.2, 0.25) is 5.95 Å². The second kappa shape index (κ2) is 9.12. The quantitative estimate of drug-likeness (QED) is 0.603. The summed E-state index contributed by atoms with van der Waals surface area (Å²) in [5.74, 6) is -0.858. The molecule has 3 aromatic rings. The van der Waals surface area contributed by atoms with E-state index in [-0.39, 0.29) is 34.4 Å². The number of nitrogens with zero attached hydrogens (tertiary/aromatic N) is 3. The molecule has 3 rings (SSSR count). The molecule has 9 nitrogen and oxygen atoms in total. The maximum atomic E-state index is 13.3. The van der Waals surface area contributed by atoms with Crippen LogP contribution in [0, 0.1) is 6.92 Å². The molecule has 31 heavy (non-hydrogen) atoms. The highest BCUT2D eigenvalue weighted by atomic mass is 16.5. The van der Waals surface area contributed by atoms with E-state index in [1.807, 2.05) is 0 Å². The zero-order valence-electron chi connectivity index (χ0n) is 17.4. The summed E-state index contributed by atoms with van der Waals surface area (Å²) in [6.45, 7) is 1.51. The number of imide groups is 1. The van der Waals surface area contributed by atoms with E-state index >= 15 is 0 Å². The van der Waals surface area contributed by atoms with Crippen molar-refractivity contribution in [3.05, 3.63) is 65.4 Å². The van der Waals surface area contributed by atoms with Crippen LogP contribution >= 0.6 is 0 Å². The first-order valence-electron chi connectivity index (χ1n) is 9.18. The molecule has 1 aromatic heterocycles. The van der Waals surface area contributed by atoms with Crippen molar-refractivity contribution in [1.29, 1.82) is 0 Å². The van der Waals surface area contributed by atoms with E-state index in [4.69, 9.17) is 14.2 Å². The first-order chi connectivity index (χ1) is 14.9. The number of benzene rings is 2. The van der Waals surface area contributed by atoms with Gasteiger partial charge in [-0.15, -0.1) is 0 Å². The van der Waals surface area contributed by atoms with E-state index in [1.54, 1.807) is 24.3 Å². The Morgan fingerprint density at radius 2 is 1.23 bits per heavy atom. The van der Waals surface area contributed by atoms with E-state index in [1.165, 1.54) is 52.5 Å². The SMILES string of the molecule is COc1ccc(C(=O)N(C(=O)c2ccc(OC)cc2)c2nc(C)c(O)c(OC)n2)cc1. The first-order valence-corrected chi connectivity index (χ1v) is 9.18. The molecule has 2 aromatic carbocycles. The maximum absolute atomic E-state index is 13.3. The third kappa shape index (κ3) is 4.40. The fourth-order valence-corrected chi connectivity index (χ4v) is 2.77. The molecular weight excluding hydrogens is 402 g/mol. The van der Waals surface area contributed by atoms with Gasteiger partial charge < -0.3 is 19.3 Å². The molecule has 0 fully saturated rings. The van der Waals surface area contributed by atoms with Crippen molar-refractivity contribution < 1.29 is 28.9 Å². The number of rotatable bonds is 6. The molecule has 0 aliphatic carbocycles. The number of ether oxygens (including phenoxy) is 3. The summed E-state index contributed by atoms with van der Waals surface area (Å²) >= 11 is 0. The van der Waals surface area contributed by atoms with Crippen molar-refractivity contribution in [2.75, 3.05) is 26.2 Å². The van der Waals surface area contributed by atoms with Crippen LogP contribution in [0.15, 0.2) is 48.5 Å². The Labute approximate surface area is 178 Å². The summed E-state index contributed by atoms with van der Waals surface area (Å²) in [5, 5.41) is 10.1. The Morgan fingerprint density at radius 3 is 1.61 bits per heavy atom. The fourth-order valence-electron chi connectivity index (χ4n) is 2.77. The van der Waals surface area contributed by atoms with Gasteiger partial charge in [-0.1, -0.05) is 0 Å². The van der Waals surface area contributed by atoms with E-state index in [0.29, 0.717) is 11.5 Å². The van der Waals surface area contributed by atoms with Gasteiger partial charge in [0, 0.05) is 11.1 Å². The molecule has 0 bridgehead atoms. The van der Waals surface area contributed by atoms with Crippen molar-refractivity contribution in [3.8, 4) is 23.1 Å². The average molecular weight is 423 g/mol.